The minimum absolute atomic E-state index is 0.108. The topological polar surface area (TPSA) is 42.4 Å². The van der Waals surface area contributed by atoms with Gasteiger partial charge in [-0.15, -0.1) is 0 Å². The minimum Gasteiger partial charge on any atom is -0.485 e. The lowest BCUT2D eigenvalue weighted by molar-refractivity contribution is -0.0110. The Hall–Kier alpha value is -1.61. The monoisotopic (exact) mass is 285 g/mol. The average Bonchev–Trinajstić information content (AvgIpc) is 2.51. The Bertz CT molecular complexity index is 593. The molecule has 1 aromatic heterocycles. The fourth-order valence-corrected chi connectivity index (χ4v) is 3.33. The lowest BCUT2D eigenvalue weighted by atomic mass is 9.83. The number of pyridine rings is 1. The van der Waals surface area contributed by atoms with Crippen LogP contribution in [-0.4, -0.2) is 22.3 Å². The van der Waals surface area contributed by atoms with Gasteiger partial charge < -0.3 is 9.84 Å². The van der Waals surface area contributed by atoms with Crippen LogP contribution < -0.4 is 4.74 Å². The van der Waals surface area contributed by atoms with Gasteiger partial charge in [-0.05, 0) is 37.3 Å². The molecule has 1 saturated carbocycles. The van der Waals surface area contributed by atoms with Crippen LogP contribution in [0.1, 0.15) is 39.0 Å². The van der Waals surface area contributed by atoms with E-state index in [-0.39, 0.29) is 12.2 Å². The van der Waals surface area contributed by atoms with E-state index >= 15 is 0 Å². The van der Waals surface area contributed by atoms with Gasteiger partial charge in [0.05, 0.1) is 6.10 Å². The van der Waals surface area contributed by atoms with Gasteiger partial charge in [0.1, 0.15) is 17.4 Å². The summed E-state index contributed by atoms with van der Waals surface area (Å²) in [4.78, 5) is 4.42. The molecule has 2 aromatic rings. The second-order valence-corrected chi connectivity index (χ2v) is 6.02. The molecule has 1 fully saturated rings. The predicted octanol–water partition coefficient (Wildman–Crippen LogP) is 3.94. The van der Waals surface area contributed by atoms with Gasteiger partial charge in [0.15, 0.2) is 0 Å². The van der Waals surface area contributed by atoms with E-state index in [1.165, 1.54) is 12.8 Å². The molecule has 1 aliphatic rings. The van der Waals surface area contributed by atoms with E-state index in [9.17, 15) is 5.11 Å². The van der Waals surface area contributed by atoms with Crippen molar-refractivity contribution in [1.29, 1.82) is 0 Å². The Morgan fingerprint density at radius 1 is 1.24 bits per heavy atom. The molecule has 1 aliphatic carbocycles. The van der Waals surface area contributed by atoms with E-state index in [1.54, 1.807) is 6.20 Å². The van der Waals surface area contributed by atoms with Crippen molar-refractivity contribution in [1.82, 2.24) is 4.98 Å². The molecule has 3 nitrogen and oxygen atoms in total. The molecule has 0 bridgehead atoms. The van der Waals surface area contributed by atoms with Crippen molar-refractivity contribution in [3.05, 3.63) is 36.5 Å². The number of para-hydroxylation sites is 1. The molecule has 3 rings (SSSR count). The van der Waals surface area contributed by atoms with Crippen molar-refractivity contribution in [3.63, 3.8) is 0 Å². The number of nitrogens with zero attached hydrogens (tertiary/aromatic N) is 1. The van der Waals surface area contributed by atoms with Crippen molar-refractivity contribution in [3.8, 4) is 5.75 Å². The summed E-state index contributed by atoms with van der Waals surface area (Å²) in [5, 5.41) is 11.3. The van der Waals surface area contributed by atoms with E-state index in [0.717, 1.165) is 35.9 Å². The van der Waals surface area contributed by atoms with Crippen LogP contribution in [-0.2, 0) is 0 Å². The van der Waals surface area contributed by atoms with Crippen LogP contribution in [0.15, 0.2) is 36.5 Å². The number of aliphatic hydroxyl groups is 1. The highest BCUT2D eigenvalue weighted by molar-refractivity contribution is 5.84. The summed E-state index contributed by atoms with van der Waals surface area (Å²) in [6, 6.07) is 9.93. The van der Waals surface area contributed by atoms with Crippen LogP contribution in [0.5, 0.6) is 5.75 Å². The zero-order valence-electron chi connectivity index (χ0n) is 12.5. The van der Waals surface area contributed by atoms with Crippen LogP contribution in [0, 0.1) is 5.92 Å². The second kappa shape index (κ2) is 6.44. The molecule has 1 N–H and O–H groups in total. The van der Waals surface area contributed by atoms with Crippen LogP contribution in [0.3, 0.4) is 0 Å². The molecule has 0 radical (unpaired) electrons. The first kappa shape index (κ1) is 14.3. The fourth-order valence-electron chi connectivity index (χ4n) is 3.33. The Morgan fingerprint density at radius 3 is 2.95 bits per heavy atom. The van der Waals surface area contributed by atoms with Gasteiger partial charge in [0.25, 0.3) is 0 Å². The number of fused-ring (bicyclic) bond motifs is 1. The first-order chi connectivity index (χ1) is 10.3. The average molecular weight is 285 g/mol. The number of hydrogen-bond acceptors (Lipinski definition) is 3. The minimum atomic E-state index is -0.364. The Kier molecular flexibility index (Phi) is 4.39. The second-order valence-electron chi connectivity index (χ2n) is 6.02. The summed E-state index contributed by atoms with van der Waals surface area (Å²) in [6.45, 7) is 2.22. The number of hydrogen-bond donors (Lipinski definition) is 1. The van der Waals surface area contributed by atoms with Gasteiger partial charge in [-0.25, -0.2) is 0 Å². The van der Waals surface area contributed by atoms with Gasteiger partial charge >= 0.3 is 0 Å². The molecule has 1 heterocycles. The maximum absolute atomic E-state index is 10.2. The molecule has 112 valence electrons. The summed E-state index contributed by atoms with van der Waals surface area (Å²) in [5.74, 6) is 1.46. The molecule has 0 spiro atoms. The lowest BCUT2D eigenvalue weighted by Crippen LogP contribution is -2.38. The van der Waals surface area contributed by atoms with E-state index in [0.29, 0.717) is 5.92 Å². The lowest BCUT2D eigenvalue weighted by Gasteiger charge is -2.33. The van der Waals surface area contributed by atoms with Crippen LogP contribution in [0.25, 0.3) is 10.9 Å². The molecule has 3 unspecified atom stereocenters. The summed E-state index contributed by atoms with van der Waals surface area (Å²) < 4.78 is 6.14. The van der Waals surface area contributed by atoms with Gasteiger partial charge in [0, 0.05) is 11.6 Å². The van der Waals surface area contributed by atoms with Crippen molar-refractivity contribution >= 4 is 10.9 Å². The summed E-state index contributed by atoms with van der Waals surface area (Å²) in [7, 11) is 0. The summed E-state index contributed by atoms with van der Waals surface area (Å²) >= 11 is 0. The van der Waals surface area contributed by atoms with Gasteiger partial charge in [-0.1, -0.05) is 38.0 Å². The van der Waals surface area contributed by atoms with E-state index < -0.39 is 0 Å². The largest absolute Gasteiger partial charge is 0.485 e. The molecule has 3 atom stereocenters. The number of aromatic nitrogens is 1. The highest BCUT2D eigenvalue weighted by atomic mass is 16.5. The molecule has 0 saturated heterocycles. The van der Waals surface area contributed by atoms with Gasteiger partial charge in [-0.3, -0.25) is 4.98 Å². The number of aliphatic hydroxyl groups excluding tert-OH is 1. The summed E-state index contributed by atoms with van der Waals surface area (Å²) in [6.07, 6.45) is 6.63. The first-order valence-electron chi connectivity index (χ1n) is 7.96. The molecule has 0 aliphatic heterocycles. The number of ether oxygens (including phenoxy) is 1. The van der Waals surface area contributed by atoms with E-state index in [2.05, 4.69) is 11.9 Å². The van der Waals surface area contributed by atoms with Crippen LogP contribution >= 0.6 is 0 Å². The van der Waals surface area contributed by atoms with Crippen LogP contribution in [0.2, 0.25) is 0 Å². The third-order valence-corrected chi connectivity index (χ3v) is 4.44. The highest BCUT2D eigenvalue weighted by Gasteiger charge is 2.30. The quantitative estimate of drug-likeness (QED) is 0.925. The fraction of sp³-hybridized carbons (Fsp3) is 0.500. The highest BCUT2D eigenvalue weighted by Crippen LogP contribution is 2.32. The maximum Gasteiger partial charge on any atom is 0.146 e. The third kappa shape index (κ3) is 3.18. The van der Waals surface area contributed by atoms with Gasteiger partial charge in [0.2, 0.25) is 0 Å². The van der Waals surface area contributed by atoms with E-state index in [1.807, 2.05) is 30.3 Å². The zero-order valence-corrected chi connectivity index (χ0v) is 12.5. The van der Waals surface area contributed by atoms with Crippen LogP contribution in [0.4, 0.5) is 0 Å². The van der Waals surface area contributed by atoms with E-state index in [4.69, 9.17) is 4.74 Å². The maximum atomic E-state index is 10.2. The van der Waals surface area contributed by atoms with Gasteiger partial charge in [-0.2, -0.15) is 0 Å². The molecule has 0 amide bonds. The molecular formula is C18H23NO2. The standard InChI is InChI=1S/C18H23NO2/c1-2-5-13-9-10-15(20)17(12-13)21-16-8-3-6-14-7-4-11-19-18(14)16/h3-4,6-8,11,13,15,17,20H,2,5,9-10,12H2,1H3. The Labute approximate surface area is 126 Å². The Balaban J connectivity index is 1.80. The summed E-state index contributed by atoms with van der Waals surface area (Å²) in [5.41, 5.74) is 0.879. The SMILES string of the molecule is CCCC1CCC(O)C(Oc2cccc3cccnc23)C1. The normalized spacial score (nSPS) is 25.9. The molecule has 21 heavy (non-hydrogen) atoms. The van der Waals surface area contributed by atoms with Crippen molar-refractivity contribution < 1.29 is 9.84 Å². The number of benzene rings is 1. The number of rotatable bonds is 4. The molecular weight excluding hydrogens is 262 g/mol. The molecule has 1 aromatic carbocycles. The zero-order chi connectivity index (χ0) is 14.7. The van der Waals surface area contributed by atoms with Crippen molar-refractivity contribution in [2.45, 2.75) is 51.2 Å². The molecule has 3 heteroatoms. The predicted molar refractivity (Wildman–Crippen MR) is 84.4 cm³/mol. The smallest absolute Gasteiger partial charge is 0.146 e. The van der Waals surface area contributed by atoms with Crippen molar-refractivity contribution in [2.75, 3.05) is 0 Å². The third-order valence-electron chi connectivity index (χ3n) is 4.44. The van der Waals surface area contributed by atoms with Crippen molar-refractivity contribution in [2.24, 2.45) is 5.92 Å². The first-order valence-corrected chi connectivity index (χ1v) is 7.96. The Morgan fingerprint density at radius 2 is 2.10 bits per heavy atom.